The van der Waals surface area contributed by atoms with Gasteiger partial charge in [-0.3, -0.25) is 4.98 Å². The quantitative estimate of drug-likeness (QED) is 0.690. The molecule has 1 aliphatic rings. The van der Waals surface area contributed by atoms with Crippen LogP contribution in [-0.4, -0.2) is 20.6 Å². The second-order valence-corrected chi connectivity index (χ2v) is 5.21. The van der Waals surface area contributed by atoms with Crippen molar-refractivity contribution in [2.45, 2.75) is 13.0 Å². The predicted octanol–water partition coefficient (Wildman–Crippen LogP) is 3.34. The van der Waals surface area contributed by atoms with Crippen molar-refractivity contribution in [2.24, 2.45) is 0 Å². The van der Waals surface area contributed by atoms with E-state index in [2.05, 4.69) is 9.97 Å². The Kier molecular flexibility index (Phi) is 2.79. The van der Waals surface area contributed by atoms with Crippen LogP contribution in [-0.2, 0) is 4.74 Å². The van der Waals surface area contributed by atoms with Crippen LogP contribution >= 0.6 is 0 Å². The summed E-state index contributed by atoms with van der Waals surface area (Å²) in [5.74, 6) is 0. The number of carbonyl (C=O) groups excluding carboxylic acids is 1. The van der Waals surface area contributed by atoms with Crippen LogP contribution in [0.3, 0.4) is 0 Å². The lowest BCUT2D eigenvalue weighted by Gasteiger charge is -2.16. The Bertz CT molecular complexity index is 856. The molecule has 5 heteroatoms. The third-order valence-corrected chi connectivity index (χ3v) is 3.90. The van der Waals surface area contributed by atoms with Crippen LogP contribution in [0.25, 0.3) is 11.3 Å². The molecule has 0 N–H and O–H groups in total. The van der Waals surface area contributed by atoms with Gasteiger partial charge in [0.05, 0.1) is 5.69 Å². The number of aryl methyl sites for hydroxylation is 1. The number of benzene rings is 1. The lowest BCUT2D eigenvalue weighted by Crippen LogP contribution is -2.16. The van der Waals surface area contributed by atoms with Gasteiger partial charge in [-0.25, -0.2) is 14.3 Å². The standard InChI is InChI=1S/C17H13N3O2/c1-11-6-7-19-15-12-4-2-3-5-13(12)16(14(11)15)22-17(21)20-9-8-18-10-20/h2-10,16H,1H3. The van der Waals surface area contributed by atoms with Crippen LogP contribution in [0.4, 0.5) is 4.79 Å². The lowest BCUT2D eigenvalue weighted by molar-refractivity contribution is 0.119. The minimum atomic E-state index is -0.451. The van der Waals surface area contributed by atoms with Crippen LogP contribution in [0, 0.1) is 6.92 Å². The SMILES string of the molecule is Cc1ccnc2c1C(OC(=O)n1ccnc1)c1ccccc1-2. The molecule has 2 heterocycles. The van der Waals surface area contributed by atoms with Gasteiger partial charge in [0.15, 0.2) is 6.10 Å². The summed E-state index contributed by atoms with van der Waals surface area (Å²) >= 11 is 0. The molecule has 0 bridgehead atoms. The largest absolute Gasteiger partial charge is 0.436 e. The van der Waals surface area contributed by atoms with Crippen LogP contribution in [0.15, 0.2) is 55.2 Å². The normalized spacial score (nSPS) is 15.2. The Labute approximate surface area is 127 Å². The first-order valence-electron chi connectivity index (χ1n) is 6.99. The number of hydrogen-bond acceptors (Lipinski definition) is 4. The van der Waals surface area contributed by atoms with Crippen molar-refractivity contribution in [1.82, 2.24) is 14.5 Å². The van der Waals surface area contributed by atoms with Gasteiger partial charge in [0.2, 0.25) is 0 Å². The number of hydrogen-bond donors (Lipinski definition) is 0. The predicted molar refractivity (Wildman–Crippen MR) is 80.4 cm³/mol. The summed E-state index contributed by atoms with van der Waals surface area (Å²) in [4.78, 5) is 20.6. The van der Waals surface area contributed by atoms with Crippen molar-refractivity contribution in [3.8, 4) is 11.3 Å². The summed E-state index contributed by atoms with van der Waals surface area (Å²) in [7, 11) is 0. The maximum absolute atomic E-state index is 12.3. The molecule has 0 spiro atoms. The van der Waals surface area contributed by atoms with Gasteiger partial charge in [0.25, 0.3) is 0 Å². The Morgan fingerprint density at radius 3 is 2.91 bits per heavy atom. The molecular weight excluding hydrogens is 278 g/mol. The van der Waals surface area contributed by atoms with Crippen LogP contribution in [0.5, 0.6) is 0 Å². The van der Waals surface area contributed by atoms with Gasteiger partial charge in [-0.2, -0.15) is 0 Å². The Morgan fingerprint density at radius 2 is 2.09 bits per heavy atom. The Balaban J connectivity index is 1.81. The maximum atomic E-state index is 12.3. The van der Waals surface area contributed by atoms with Gasteiger partial charge in [0.1, 0.15) is 6.33 Å². The summed E-state index contributed by atoms with van der Waals surface area (Å²) in [6.07, 6.45) is 5.44. The monoisotopic (exact) mass is 291 g/mol. The molecule has 0 aliphatic heterocycles. The van der Waals surface area contributed by atoms with Crippen molar-refractivity contribution >= 4 is 6.09 Å². The van der Waals surface area contributed by atoms with Crippen molar-refractivity contribution in [3.05, 3.63) is 71.9 Å². The minimum Gasteiger partial charge on any atom is -0.436 e. The van der Waals surface area contributed by atoms with Gasteiger partial charge < -0.3 is 4.74 Å². The summed E-state index contributed by atoms with van der Waals surface area (Å²) in [5, 5.41) is 0. The second-order valence-electron chi connectivity index (χ2n) is 5.21. The third kappa shape index (κ3) is 1.83. The van der Waals surface area contributed by atoms with E-state index in [0.29, 0.717) is 0 Å². The number of carbonyl (C=O) groups is 1. The zero-order chi connectivity index (χ0) is 15.1. The zero-order valence-corrected chi connectivity index (χ0v) is 11.9. The van der Waals surface area contributed by atoms with E-state index in [9.17, 15) is 4.79 Å². The Morgan fingerprint density at radius 1 is 1.23 bits per heavy atom. The zero-order valence-electron chi connectivity index (χ0n) is 11.9. The molecular formula is C17H13N3O2. The first-order chi connectivity index (χ1) is 10.8. The molecule has 0 saturated heterocycles. The number of rotatable bonds is 1. The molecule has 0 amide bonds. The fourth-order valence-electron chi connectivity index (χ4n) is 2.86. The third-order valence-electron chi connectivity index (χ3n) is 3.90. The first kappa shape index (κ1) is 12.8. The molecule has 1 atom stereocenters. The molecule has 1 unspecified atom stereocenters. The molecule has 4 rings (SSSR count). The highest BCUT2D eigenvalue weighted by molar-refractivity contribution is 5.78. The first-order valence-corrected chi connectivity index (χ1v) is 6.99. The number of pyridine rings is 1. The number of fused-ring (bicyclic) bond motifs is 3. The summed E-state index contributed by atoms with van der Waals surface area (Å²) < 4.78 is 7.06. The molecule has 5 nitrogen and oxygen atoms in total. The van der Waals surface area contributed by atoms with Gasteiger partial charge in [-0.1, -0.05) is 24.3 Å². The van der Waals surface area contributed by atoms with Gasteiger partial charge >= 0.3 is 6.09 Å². The van der Waals surface area contributed by atoms with Crippen molar-refractivity contribution in [1.29, 1.82) is 0 Å². The van der Waals surface area contributed by atoms with E-state index in [-0.39, 0.29) is 0 Å². The van der Waals surface area contributed by atoms with Crippen molar-refractivity contribution < 1.29 is 9.53 Å². The van der Waals surface area contributed by atoms with Crippen LogP contribution in [0.2, 0.25) is 0 Å². The lowest BCUT2D eigenvalue weighted by atomic mass is 10.1. The summed E-state index contributed by atoms with van der Waals surface area (Å²) in [6.45, 7) is 2.00. The molecule has 1 aliphatic carbocycles. The van der Waals surface area contributed by atoms with E-state index >= 15 is 0 Å². The van der Waals surface area contributed by atoms with Gasteiger partial charge in [-0.05, 0) is 18.6 Å². The highest BCUT2D eigenvalue weighted by Gasteiger charge is 2.34. The number of ether oxygens (including phenoxy) is 1. The van der Waals surface area contributed by atoms with E-state index in [1.54, 1.807) is 18.6 Å². The van der Waals surface area contributed by atoms with Crippen molar-refractivity contribution in [2.75, 3.05) is 0 Å². The van der Waals surface area contributed by atoms with Crippen LogP contribution < -0.4 is 0 Å². The fraction of sp³-hybridized carbons (Fsp3) is 0.118. The molecule has 22 heavy (non-hydrogen) atoms. The topological polar surface area (TPSA) is 57.0 Å². The molecule has 0 radical (unpaired) electrons. The highest BCUT2D eigenvalue weighted by atomic mass is 16.6. The molecule has 3 aromatic rings. The van der Waals surface area contributed by atoms with E-state index in [1.807, 2.05) is 37.3 Å². The number of aromatic nitrogens is 3. The number of nitrogens with zero attached hydrogens (tertiary/aromatic N) is 3. The van der Waals surface area contributed by atoms with Gasteiger partial charge in [-0.15, -0.1) is 0 Å². The smallest absolute Gasteiger partial charge is 0.420 e. The van der Waals surface area contributed by atoms with E-state index < -0.39 is 12.2 Å². The molecule has 0 saturated carbocycles. The molecule has 1 aromatic carbocycles. The van der Waals surface area contributed by atoms with E-state index in [0.717, 1.165) is 27.9 Å². The highest BCUT2D eigenvalue weighted by Crippen LogP contribution is 2.45. The van der Waals surface area contributed by atoms with E-state index in [4.69, 9.17) is 4.74 Å². The molecule has 2 aromatic heterocycles. The minimum absolute atomic E-state index is 0.435. The Hall–Kier alpha value is -2.95. The fourth-order valence-corrected chi connectivity index (χ4v) is 2.86. The van der Waals surface area contributed by atoms with Crippen LogP contribution in [0.1, 0.15) is 22.8 Å². The average molecular weight is 291 g/mol. The van der Waals surface area contributed by atoms with E-state index in [1.165, 1.54) is 10.9 Å². The number of imidazole rings is 1. The average Bonchev–Trinajstić information content (AvgIpc) is 3.16. The summed E-state index contributed by atoms with van der Waals surface area (Å²) in [6, 6.07) is 9.82. The second kappa shape index (κ2) is 4.80. The van der Waals surface area contributed by atoms with Crippen molar-refractivity contribution in [3.63, 3.8) is 0 Å². The van der Waals surface area contributed by atoms with Gasteiger partial charge in [0, 0.05) is 35.3 Å². The summed E-state index contributed by atoms with van der Waals surface area (Å²) in [5.41, 5.74) is 4.89. The maximum Gasteiger partial charge on any atom is 0.420 e. The molecule has 108 valence electrons. The molecule has 0 fully saturated rings.